The number of rotatable bonds is 4. The van der Waals surface area contributed by atoms with E-state index in [2.05, 4.69) is 0 Å². The molecule has 0 unspecified atom stereocenters. The average molecular weight is 244 g/mol. The highest BCUT2D eigenvalue weighted by Gasteiger charge is 2.18. The number of halogens is 1. The van der Waals surface area contributed by atoms with E-state index in [0.29, 0.717) is 16.3 Å². The number of nitrogens with two attached hydrogens (primary N) is 1. The monoisotopic (exact) mass is 243 g/mol. The van der Waals surface area contributed by atoms with Gasteiger partial charge in [0.15, 0.2) is 5.78 Å². The van der Waals surface area contributed by atoms with Crippen LogP contribution in [-0.4, -0.2) is 24.5 Å². The molecule has 0 atom stereocenters. The molecular weight excluding hydrogens is 230 g/mol. The summed E-state index contributed by atoms with van der Waals surface area (Å²) in [5, 5.41) is 10.1. The first-order valence-electron chi connectivity index (χ1n) is 4.82. The number of ether oxygens (including phenoxy) is 1. The maximum Gasteiger partial charge on any atom is 0.167 e. The molecule has 0 aromatic heterocycles. The van der Waals surface area contributed by atoms with Crippen LogP contribution in [0, 0.1) is 6.92 Å². The maximum absolute atomic E-state index is 11.6. The van der Waals surface area contributed by atoms with Gasteiger partial charge in [-0.05, 0) is 19.5 Å². The van der Waals surface area contributed by atoms with E-state index in [1.807, 2.05) is 0 Å². The largest absolute Gasteiger partial charge is 0.507 e. The smallest absolute Gasteiger partial charge is 0.167 e. The van der Waals surface area contributed by atoms with E-state index in [9.17, 15) is 9.90 Å². The van der Waals surface area contributed by atoms with E-state index in [4.69, 9.17) is 22.1 Å². The maximum atomic E-state index is 11.6. The summed E-state index contributed by atoms with van der Waals surface area (Å²) in [6.07, 6.45) is 0.176. The minimum Gasteiger partial charge on any atom is -0.507 e. The molecule has 0 heterocycles. The van der Waals surface area contributed by atoms with Crippen LogP contribution in [0.3, 0.4) is 0 Å². The van der Waals surface area contributed by atoms with E-state index in [0.717, 1.165) is 0 Å². The van der Waals surface area contributed by atoms with Gasteiger partial charge in [0.1, 0.15) is 11.5 Å². The van der Waals surface area contributed by atoms with Crippen LogP contribution in [-0.2, 0) is 0 Å². The van der Waals surface area contributed by atoms with Crippen LogP contribution >= 0.6 is 11.6 Å². The van der Waals surface area contributed by atoms with Crippen molar-refractivity contribution in [2.75, 3.05) is 13.7 Å². The van der Waals surface area contributed by atoms with Crippen LogP contribution in [0.4, 0.5) is 0 Å². The van der Waals surface area contributed by atoms with Crippen LogP contribution in [0.2, 0.25) is 5.02 Å². The number of ketones is 1. The Balaban J connectivity index is 3.28. The first-order chi connectivity index (χ1) is 7.52. The van der Waals surface area contributed by atoms with Crippen molar-refractivity contribution < 1.29 is 14.6 Å². The fraction of sp³-hybridized carbons (Fsp3) is 0.364. The summed E-state index contributed by atoms with van der Waals surface area (Å²) >= 11 is 5.93. The number of aromatic hydroxyl groups is 1. The van der Waals surface area contributed by atoms with Crippen LogP contribution in [0.15, 0.2) is 6.07 Å². The van der Waals surface area contributed by atoms with E-state index in [1.165, 1.54) is 13.2 Å². The van der Waals surface area contributed by atoms with Crippen LogP contribution < -0.4 is 10.5 Å². The Morgan fingerprint density at radius 1 is 1.62 bits per heavy atom. The predicted molar refractivity (Wildman–Crippen MR) is 62.4 cm³/mol. The van der Waals surface area contributed by atoms with E-state index >= 15 is 0 Å². The van der Waals surface area contributed by atoms with Crippen molar-refractivity contribution >= 4 is 17.4 Å². The molecule has 0 saturated heterocycles. The van der Waals surface area contributed by atoms with Crippen molar-refractivity contribution in [3.8, 4) is 11.5 Å². The van der Waals surface area contributed by atoms with Gasteiger partial charge in [-0.2, -0.15) is 0 Å². The Bertz CT molecular complexity index is 418. The van der Waals surface area contributed by atoms with Crippen LogP contribution in [0.25, 0.3) is 0 Å². The second kappa shape index (κ2) is 5.18. The molecule has 3 N–H and O–H groups in total. The molecule has 0 aliphatic rings. The second-order valence-electron chi connectivity index (χ2n) is 3.37. The lowest BCUT2D eigenvalue weighted by molar-refractivity contribution is 0.0982. The summed E-state index contributed by atoms with van der Waals surface area (Å²) < 4.78 is 5.02. The molecule has 0 fully saturated rings. The van der Waals surface area contributed by atoms with E-state index in [1.54, 1.807) is 6.92 Å². The molecule has 1 aromatic rings. The summed E-state index contributed by atoms with van der Waals surface area (Å²) in [4.78, 5) is 11.6. The number of carbonyl (C=O) groups excluding carboxylic acids is 1. The third-order valence-electron chi connectivity index (χ3n) is 2.31. The topological polar surface area (TPSA) is 72.5 Å². The highest BCUT2D eigenvalue weighted by atomic mass is 35.5. The third-order valence-corrected chi connectivity index (χ3v) is 2.60. The zero-order valence-electron chi connectivity index (χ0n) is 9.21. The van der Waals surface area contributed by atoms with E-state index < -0.39 is 0 Å². The number of phenols is 1. The van der Waals surface area contributed by atoms with Crippen molar-refractivity contribution in [3.05, 3.63) is 22.2 Å². The summed E-state index contributed by atoms with van der Waals surface area (Å²) in [6.45, 7) is 1.88. The molecule has 0 radical (unpaired) electrons. The quantitative estimate of drug-likeness (QED) is 0.793. The number of carbonyl (C=O) groups is 1. The first-order valence-corrected chi connectivity index (χ1v) is 5.20. The molecule has 4 nitrogen and oxygen atoms in total. The number of methoxy groups -OCH3 is 1. The number of hydrogen-bond acceptors (Lipinski definition) is 4. The minimum absolute atomic E-state index is 0.0975. The highest BCUT2D eigenvalue weighted by molar-refractivity contribution is 6.32. The van der Waals surface area contributed by atoms with Gasteiger partial charge in [0.2, 0.25) is 0 Å². The molecule has 1 rings (SSSR count). The minimum atomic E-state index is -0.229. The lowest BCUT2D eigenvalue weighted by Crippen LogP contribution is -2.09. The van der Waals surface area contributed by atoms with E-state index in [-0.39, 0.29) is 30.1 Å². The summed E-state index contributed by atoms with van der Waals surface area (Å²) in [5.41, 5.74) is 5.93. The summed E-state index contributed by atoms with van der Waals surface area (Å²) in [6, 6.07) is 1.40. The Kier molecular flexibility index (Phi) is 4.15. The number of benzene rings is 1. The zero-order chi connectivity index (χ0) is 12.3. The predicted octanol–water partition coefficient (Wildman–Crippen LogP) is 1.89. The Hall–Kier alpha value is -1.26. The molecule has 1 aromatic carbocycles. The summed E-state index contributed by atoms with van der Waals surface area (Å²) in [7, 11) is 1.45. The molecule has 0 aliphatic heterocycles. The van der Waals surface area contributed by atoms with Gasteiger partial charge in [-0.3, -0.25) is 4.79 Å². The van der Waals surface area contributed by atoms with Gasteiger partial charge in [0, 0.05) is 12.0 Å². The van der Waals surface area contributed by atoms with Crippen LogP contribution in [0.5, 0.6) is 11.5 Å². The van der Waals surface area contributed by atoms with Crippen LogP contribution in [0.1, 0.15) is 22.3 Å². The SMILES string of the molecule is COc1c(Cl)cc(C(=O)CCN)c(O)c1C. The van der Waals surface area contributed by atoms with Crippen molar-refractivity contribution in [2.45, 2.75) is 13.3 Å². The van der Waals surface area contributed by atoms with Gasteiger partial charge < -0.3 is 15.6 Å². The zero-order valence-corrected chi connectivity index (χ0v) is 9.97. The molecule has 0 spiro atoms. The molecule has 5 heteroatoms. The number of Topliss-reactive ketones (excluding diaryl/α,β-unsaturated/α-hetero) is 1. The molecule has 0 amide bonds. The van der Waals surface area contributed by atoms with Gasteiger partial charge >= 0.3 is 0 Å². The Morgan fingerprint density at radius 3 is 2.75 bits per heavy atom. The van der Waals surface area contributed by atoms with Crippen molar-refractivity contribution in [1.29, 1.82) is 0 Å². The Labute approximate surface area is 99.0 Å². The third kappa shape index (κ3) is 2.28. The molecule has 16 heavy (non-hydrogen) atoms. The number of hydrogen-bond donors (Lipinski definition) is 2. The van der Waals surface area contributed by atoms with Gasteiger partial charge in [-0.15, -0.1) is 0 Å². The number of phenolic OH excluding ortho intramolecular Hbond substituents is 1. The molecular formula is C11H14ClNO3. The first kappa shape index (κ1) is 12.8. The van der Waals surface area contributed by atoms with Gasteiger partial charge in [0.05, 0.1) is 17.7 Å². The van der Waals surface area contributed by atoms with Gasteiger partial charge in [-0.1, -0.05) is 11.6 Å². The van der Waals surface area contributed by atoms with Crippen molar-refractivity contribution in [2.24, 2.45) is 5.73 Å². The fourth-order valence-corrected chi connectivity index (χ4v) is 1.81. The van der Waals surface area contributed by atoms with Gasteiger partial charge in [0.25, 0.3) is 0 Å². The second-order valence-corrected chi connectivity index (χ2v) is 3.78. The molecule has 88 valence electrons. The summed E-state index contributed by atoms with van der Waals surface area (Å²) in [5.74, 6) is 0.0517. The normalized spacial score (nSPS) is 10.2. The highest BCUT2D eigenvalue weighted by Crippen LogP contribution is 2.37. The Morgan fingerprint density at radius 2 is 2.25 bits per heavy atom. The average Bonchev–Trinajstić information content (AvgIpc) is 2.24. The lowest BCUT2D eigenvalue weighted by atomic mass is 10.0. The molecule has 0 saturated carbocycles. The lowest BCUT2D eigenvalue weighted by Gasteiger charge is -2.12. The van der Waals surface area contributed by atoms with Gasteiger partial charge in [-0.25, -0.2) is 0 Å². The van der Waals surface area contributed by atoms with Crippen molar-refractivity contribution in [3.63, 3.8) is 0 Å². The fourth-order valence-electron chi connectivity index (χ4n) is 1.48. The standard InChI is InChI=1S/C11H14ClNO3/c1-6-10(15)7(9(14)3-4-13)5-8(12)11(6)16-2/h5,15H,3-4,13H2,1-2H3. The molecule has 0 bridgehead atoms. The van der Waals surface area contributed by atoms with Crippen molar-refractivity contribution in [1.82, 2.24) is 0 Å². The molecule has 0 aliphatic carbocycles.